The van der Waals surface area contributed by atoms with Gasteiger partial charge in [0.2, 0.25) is 11.9 Å². The fourth-order valence-electron chi connectivity index (χ4n) is 3.43. The summed E-state index contributed by atoms with van der Waals surface area (Å²) >= 11 is 0. The van der Waals surface area contributed by atoms with Crippen molar-refractivity contribution >= 4 is 34.3 Å². The van der Waals surface area contributed by atoms with Crippen LogP contribution in [0.4, 0.5) is 17.3 Å². The zero-order chi connectivity index (χ0) is 19.6. The number of nitrogens with zero attached hydrogens (tertiary/aromatic N) is 4. The molecule has 29 heavy (non-hydrogen) atoms. The quantitative estimate of drug-likeness (QED) is 0.500. The lowest BCUT2D eigenvalue weighted by Gasteiger charge is -2.27. The molecule has 0 radical (unpaired) electrons. The molecular weight excluding hydrogens is 366 g/mol. The van der Waals surface area contributed by atoms with E-state index in [2.05, 4.69) is 30.6 Å². The molecule has 4 aromatic rings. The van der Waals surface area contributed by atoms with Crippen molar-refractivity contribution in [2.75, 3.05) is 29.9 Å². The minimum absolute atomic E-state index is 0.0702. The van der Waals surface area contributed by atoms with Gasteiger partial charge < -0.3 is 20.5 Å². The number of carbonyl (C=O) groups is 1. The van der Waals surface area contributed by atoms with E-state index in [1.807, 2.05) is 48.5 Å². The van der Waals surface area contributed by atoms with Crippen molar-refractivity contribution in [1.29, 1.82) is 0 Å². The molecule has 1 fully saturated rings. The zero-order valence-electron chi connectivity index (χ0n) is 15.6. The van der Waals surface area contributed by atoms with Crippen molar-refractivity contribution in [2.24, 2.45) is 0 Å². The fourth-order valence-corrected chi connectivity index (χ4v) is 3.43. The Bertz CT molecular complexity index is 1190. The van der Waals surface area contributed by atoms with Crippen LogP contribution in [-0.4, -0.2) is 45.5 Å². The standard InChI is InChI=1S/C21H19N7O/c29-20-12-22-8-9-28(20)16-3-1-2-15(11-16)26-21-23-7-6-17(27-21)14-4-5-18-19(10-14)25-13-24-18/h1-7,10-11,13,22H,8-9,12H2,(H,24,25)(H,23,26,27). The van der Waals surface area contributed by atoms with Crippen molar-refractivity contribution in [3.8, 4) is 11.3 Å². The number of rotatable bonds is 4. The zero-order valence-corrected chi connectivity index (χ0v) is 15.6. The molecule has 0 atom stereocenters. The average Bonchev–Trinajstić information content (AvgIpc) is 3.22. The molecule has 8 nitrogen and oxygen atoms in total. The highest BCUT2D eigenvalue weighted by atomic mass is 16.2. The van der Waals surface area contributed by atoms with Gasteiger partial charge in [-0.25, -0.2) is 15.0 Å². The summed E-state index contributed by atoms with van der Waals surface area (Å²) in [6, 6.07) is 15.6. The number of fused-ring (bicyclic) bond motifs is 1. The summed E-state index contributed by atoms with van der Waals surface area (Å²) in [4.78, 5) is 30.3. The molecule has 0 bridgehead atoms. The summed E-state index contributed by atoms with van der Waals surface area (Å²) in [5.41, 5.74) is 5.36. The molecule has 1 amide bonds. The summed E-state index contributed by atoms with van der Waals surface area (Å²) in [7, 11) is 0. The molecule has 0 saturated carbocycles. The van der Waals surface area contributed by atoms with Gasteiger partial charge in [-0.05, 0) is 36.4 Å². The number of imidazole rings is 1. The van der Waals surface area contributed by atoms with Crippen LogP contribution in [0.3, 0.4) is 0 Å². The Labute approximate surface area is 167 Å². The molecular formula is C21H19N7O. The number of nitrogens with one attached hydrogen (secondary N) is 3. The molecule has 8 heteroatoms. The minimum atomic E-state index is 0.0702. The number of carbonyl (C=O) groups excluding carboxylic acids is 1. The van der Waals surface area contributed by atoms with Crippen LogP contribution in [0.25, 0.3) is 22.3 Å². The fraction of sp³-hybridized carbons (Fsp3) is 0.143. The van der Waals surface area contributed by atoms with Crippen molar-refractivity contribution in [3.05, 3.63) is 61.1 Å². The Morgan fingerprint density at radius 3 is 2.97 bits per heavy atom. The van der Waals surface area contributed by atoms with Crippen molar-refractivity contribution in [3.63, 3.8) is 0 Å². The van der Waals surface area contributed by atoms with E-state index >= 15 is 0 Å². The number of aromatic nitrogens is 4. The van der Waals surface area contributed by atoms with Gasteiger partial charge in [-0.2, -0.15) is 0 Å². The molecule has 3 heterocycles. The van der Waals surface area contributed by atoms with Crippen LogP contribution in [0.15, 0.2) is 61.1 Å². The molecule has 1 saturated heterocycles. The number of anilines is 3. The number of H-pyrrole nitrogens is 1. The summed E-state index contributed by atoms with van der Waals surface area (Å²) < 4.78 is 0. The van der Waals surface area contributed by atoms with Gasteiger partial charge in [-0.3, -0.25) is 4.79 Å². The molecule has 1 aliphatic heterocycles. The summed E-state index contributed by atoms with van der Waals surface area (Å²) in [5.74, 6) is 0.567. The Hall–Kier alpha value is -3.78. The number of benzene rings is 2. The van der Waals surface area contributed by atoms with Crippen LogP contribution >= 0.6 is 0 Å². The SMILES string of the molecule is O=C1CNCCN1c1cccc(Nc2nccc(-c3ccc4nc[nH]c4c3)n2)c1. The largest absolute Gasteiger partial charge is 0.345 e. The number of aromatic amines is 1. The lowest BCUT2D eigenvalue weighted by atomic mass is 10.1. The van der Waals surface area contributed by atoms with Gasteiger partial charge in [0.05, 0.1) is 29.6 Å². The van der Waals surface area contributed by atoms with E-state index in [1.54, 1.807) is 17.4 Å². The highest BCUT2D eigenvalue weighted by molar-refractivity contribution is 5.96. The molecule has 2 aromatic carbocycles. The van der Waals surface area contributed by atoms with Gasteiger partial charge in [-0.15, -0.1) is 0 Å². The first-order valence-electron chi connectivity index (χ1n) is 9.41. The molecule has 0 aliphatic carbocycles. The second-order valence-corrected chi connectivity index (χ2v) is 6.80. The lowest BCUT2D eigenvalue weighted by Crippen LogP contribution is -2.48. The smallest absolute Gasteiger partial charge is 0.240 e. The number of hydrogen-bond acceptors (Lipinski definition) is 6. The van der Waals surface area contributed by atoms with E-state index in [4.69, 9.17) is 0 Å². The molecule has 0 unspecified atom stereocenters. The van der Waals surface area contributed by atoms with Crippen LogP contribution in [0.2, 0.25) is 0 Å². The highest BCUT2D eigenvalue weighted by Crippen LogP contribution is 2.25. The second-order valence-electron chi connectivity index (χ2n) is 6.80. The maximum atomic E-state index is 12.2. The third kappa shape index (κ3) is 3.53. The first-order valence-corrected chi connectivity index (χ1v) is 9.41. The van der Waals surface area contributed by atoms with E-state index < -0.39 is 0 Å². The Kier molecular flexibility index (Phi) is 4.38. The maximum absolute atomic E-state index is 12.2. The van der Waals surface area contributed by atoms with Crippen molar-refractivity contribution < 1.29 is 4.79 Å². The minimum Gasteiger partial charge on any atom is -0.345 e. The lowest BCUT2D eigenvalue weighted by molar-refractivity contribution is -0.118. The molecule has 2 aromatic heterocycles. The normalized spacial score (nSPS) is 14.3. The van der Waals surface area contributed by atoms with Gasteiger partial charge in [-0.1, -0.05) is 12.1 Å². The van der Waals surface area contributed by atoms with Gasteiger partial charge in [0, 0.05) is 36.2 Å². The molecule has 1 aliphatic rings. The van der Waals surface area contributed by atoms with Crippen LogP contribution in [-0.2, 0) is 4.79 Å². The maximum Gasteiger partial charge on any atom is 0.240 e. The van der Waals surface area contributed by atoms with E-state index in [0.717, 1.165) is 40.2 Å². The number of hydrogen-bond donors (Lipinski definition) is 3. The Morgan fingerprint density at radius 1 is 1.07 bits per heavy atom. The molecule has 0 spiro atoms. The van der Waals surface area contributed by atoms with Gasteiger partial charge in [0.25, 0.3) is 0 Å². The summed E-state index contributed by atoms with van der Waals surface area (Å²) in [6.07, 6.45) is 3.41. The summed E-state index contributed by atoms with van der Waals surface area (Å²) in [5, 5.41) is 6.33. The topological polar surface area (TPSA) is 98.8 Å². The predicted octanol–water partition coefficient (Wildman–Crippen LogP) is 2.70. The van der Waals surface area contributed by atoms with Gasteiger partial charge in [0.15, 0.2) is 0 Å². The average molecular weight is 385 g/mol. The molecule has 5 rings (SSSR count). The summed E-state index contributed by atoms with van der Waals surface area (Å²) in [6.45, 7) is 1.81. The predicted molar refractivity (Wildman–Crippen MR) is 112 cm³/mol. The monoisotopic (exact) mass is 385 g/mol. The first kappa shape index (κ1) is 17.3. The van der Waals surface area contributed by atoms with Gasteiger partial charge in [0.1, 0.15) is 0 Å². The van der Waals surface area contributed by atoms with Gasteiger partial charge >= 0.3 is 0 Å². The van der Waals surface area contributed by atoms with E-state index in [0.29, 0.717) is 19.0 Å². The van der Waals surface area contributed by atoms with Crippen molar-refractivity contribution in [2.45, 2.75) is 0 Å². The Balaban J connectivity index is 1.40. The third-order valence-corrected chi connectivity index (χ3v) is 4.88. The molecule has 144 valence electrons. The van der Waals surface area contributed by atoms with Crippen LogP contribution in [0.1, 0.15) is 0 Å². The van der Waals surface area contributed by atoms with Crippen LogP contribution in [0.5, 0.6) is 0 Å². The number of amides is 1. The van der Waals surface area contributed by atoms with Crippen LogP contribution < -0.4 is 15.5 Å². The van der Waals surface area contributed by atoms with E-state index in [9.17, 15) is 4.79 Å². The van der Waals surface area contributed by atoms with Crippen molar-refractivity contribution in [1.82, 2.24) is 25.3 Å². The van der Waals surface area contributed by atoms with E-state index in [-0.39, 0.29) is 5.91 Å². The molecule has 3 N–H and O–H groups in total. The van der Waals surface area contributed by atoms with E-state index in [1.165, 1.54) is 0 Å². The Morgan fingerprint density at radius 2 is 2.03 bits per heavy atom. The first-order chi connectivity index (χ1) is 14.3. The highest BCUT2D eigenvalue weighted by Gasteiger charge is 2.19. The second kappa shape index (κ2) is 7.33. The third-order valence-electron chi connectivity index (χ3n) is 4.88. The number of piperazine rings is 1. The van der Waals surface area contributed by atoms with Crippen LogP contribution in [0, 0.1) is 0 Å².